The Morgan fingerprint density at radius 1 is 1.06 bits per heavy atom. The predicted molar refractivity (Wildman–Crippen MR) is 141 cm³/mol. The van der Waals surface area contributed by atoms with Gasteiger partial charge in [-0.05, 0) is 61.9 Å². The number of carbonyl (C=O) groups is 1. The van der Waals surface area contributed by atoms with Gasteiger partial charge >= 0.3 is 5.97 Å². The summed E-state index contributed by atoms with van der Waals surface area (Å²) in [7, 11) is 0. The predicted octanol–water partition coefficient (Wildman–Crippen LogP) is 7.70. The minimum absolute atomic E-state index is 0.276. The zero-order valence-electron chi connectivity index (χ0n) is 19.9. The van der Waals surface area contributed by atoms with Crippen LogP contribution >= 0.6 is 22.9 Å². The number of hydrogen-bond acceptors (Lipinski definition) is 5. The van der Waals surface area contributed by atoms with E-state index in [0.717, 1.165) is 27.3 Å². The molecule has 3 aromatic rings. The highest BCUT2D eigenvalue weighted by Gasteiger charge is 2.22. The third-order valence-electron chi connectivity index (χ3n) is 5.24. The summed E-state index contributed by atoms with van der Waals surface area (Å²) in [6.45, 7) is 12.6. The number of halogens is 1. The van der Waals surface area contributed by atoms with Gasteiger partial charge in [0.25, 0.3) is 0 Å². The number of benzene rings is 2. The number of hydrogen-bond donors (Lipinski definition) is 0. The van der Waals surface area contributed by atoms with Crippen LogP contribution in [0.5, 0.6) is 11.5 Å². The summed E-state index contributed by atoms with van der Waals surface area (Å²) in [6.07, 6.45) is 1.73. The molecule has 0 bridgehead atoms. The molecule has 2 aromatic carbocycles. The summed E-state index contributed by atoms with van der Waals surface area (Å²) in [5.74, 6) is 1.05. The van der Waals surface area contributed by atoms with Gasteiger partial charge in [-0.2, -0.15) is 0 Å². The van der Waals surface area contributed by atoms with Crippen molar-refractivity contribution in [3.05, 3.63) is 93.2 Å². The lowest BCUT2D eigenvalue weighted by Gasteiger charge is -2.13. The normalized spacial score (nSPS) is 11.3. The first-order valence-electron chi connectivity index (χ1n) is 11.0. The van der Waals surface area contributed by atoms with Crippen molar-refractivity contribution < 1.29 is 19.0 Å². The summed E-state index contributed by atoms with van der Waals surface area (Å²) in [5, 5.41) is 2.29. The van der Waals surface area contributed by atoms with Crippen LogP contribution < -0.4 is 9.47 Å². The smallest absolute Gasteiger partial charge is 0.339 e. The Balaban J connectivity index is 1.77. The van der Waals surface area contributed by atoms with Gasteiger partial charge in [0.05, 0.1) is 17.1 Å². The maximum atomic E-state index is 12.4. The second kappa shape index (κ2) is 11.9. The van der Waals surface area contributed by atoms with Gasteiger partial charge in [-0.1, -0.05) is 48.5 Å². The van der Waals surface area contributed by atoms with Gasteiger partial charge in [0.2, 0.25) is 0 Å². The topological polar surface area (TPSA) is 44.8 Å². The zero-order chi connectivity index (χ0) is 24.7. The molecule has 0 unspecified atom stereocenters. The van der Waals surface area contributed by atoms with Gasteiger partial charge in [0, 0.05) is 22.2 Å². The van der Waals surface area contributed by atoms with Gasteiger partial charge in [0.1, 0.15) is 24.7 Å². The summed E-state index contributed by atoms with van der Waals surface area (Å²) >= 11 is 7.76. The second-order valence-electron chi connectivity index (χ2n) is 7.78. The van der Waals surface area contributed by atoms with Crippen LogP contribution in [0.25, 0.3) is 10.6 Å². The molecule has 0 aliphatic rings. The highest BCUT2D eigenvalue weighted by Crippen LogP contribution is 2.37. The molecule has 6 heteroatoms. The monoisotopic (exact) mass is 496 g/mol. The Bertz CT molecular complexity index is 1210. The molecule has 0 aliphatic carbocycles. The van der Waals surface area contributed by atoms with Crippen molar-refractivity contribution in [2.45, 2.75) is 40.9 Å². The summed E-state index contributed by atoms with van der Waals surface area (Å²) in [4.78, 5) is 13.1. The van der Waals surface area contributed by atoms with E-state index < -0.39 is 0 Å². The minimum Gasteiger partial charge on any atom is -0.489 e. The van der Waals surface area contributed by atoms with E-state index in [4.69, 9.17) is 25.8 Å². The van der Waals surface area contributed by atoms with Crippen LogP contribution in [0.2, 0.25) is 0 Å². The number of ether oxygens (including phenoxy) is 3. The summed E-state index contributed by atoms with van der Waals surface area (Å²) < 4.78 is 17.3. The molecule has 0 fully saturated rings. The van der Waals surface area contributed by atoms with E-state index in [0.29, 0.717) is 35.1 Å². The molecule has 0 spiro atoms. The highest BCUT2D eigenvalue weighted by atomic mass is 35.5. The lowest BCUT2D eigenvalue weighted by molar-refractivity contribution is -0.136. The first-order chi connectivity index (χ1) is 16.3. The first kappa shape index (κ1) is 25.6. The summed E-state index contributed by atoms with van der Waals surface area (Å²) in [6, 6.07) is 14.0. The van der Waals surface area contributed by atoms with E-state index in [1.165, 1.54) is 16.9 Å². The Morgan fingerprint density at radius 2 is 1.71 bits per heavy atom. The molecule has 0 radical (unpaired) electrons. The molecule has 0 saturated heterocycles. The van der Waals surface area contributed by atoms with Gasteiger partial charge < -0.3 is 14.2 Å². The van der Waals surface area contributed by atoms with E-state index in [9.17, 15) is 4.79 Å². The van der Waals surface area contributed by atoms with Crippen LogP contribution in [0.4, 0.5) is 0 Å². The average molecular weight is 497 g/mol. The van der Waals surface area contributed by atoms with Gasteiger partial charge in [-0.3, -0.25) is 0 Å². The largest absolute Gasteiger partial charge is 0.489 e. The van der Waals surface area contributed by atoms with Crippen LogP contribution in [0.1, 0.15) is 46.5 Å². The molecule has 0 saturated carbocycles. The maximum Gasteiger partial charge on any atom is 0.339 e. The fraction of sp³-hybridized carbons (Fsp3) is 0.250. The Kier molecular flexibility index (Phi) is 8.97. The molecule has 34 heavy (non-hydrogen) atoms. The Morgan fingerprint density at radius 3 is 2.29 bits per heavy atom. The average Bonchev–Trinajstić information content (AvgIpc) is 3.21. The molecule has 0 amide bonds. The number of carbonyl (C=O) groups excluding carboxylic acids is 1. The molecule has 178 valence electrons. The van der Waals surface area contributed by atoms with Crippen molar-refractivity contribution in [1.29, 1.82) is 0 Å². The molecule has 1 heterocycles. The number of esters is 1. The highest BCUT2D eigenvalue weighted by molar-refractivity contribution is 7.12. The van der Waals surface area contributed by atoms with Crippen molar-refractivity contribution in [2.75, 3.05) is 6.61 Å². The minimum atomic E-state index is -0.382. The lowest BCUT2D eigenvalue weighted by atomic mass is 10.1. The van der Waals surface area contributed by atoms with E-state index in [1.807, 2.05) is 42.6 Å². The van der Waals surface area contributed by atoms with Crippen molar-refractivity contribution in [2.24, 2.45) is 0 Å². The Labute approximate surface area is 210 Å². The maximum absolute atomic E-state index is 12.4. The molecule has 1 aromatic heterocycles. The van der Waals surface area contributed by atoms with Crippen LogP contribution in [0, 0.1) is 13.8 Å². The number of allylic oxidation sites excluding steroid dienone is 1. The fourth-order valence-electron chi connectivity index (χ4n) is 3.52. The lowest BCUT2D eigenvalue weighted by Crippen LogP contribution is -2.07. The number of aryl methyl sites for hydroxylation is 2. The molecule has 0 N–H and O–H groups in total. The molecule has 3 rings (SSSR count). The zero-order valence-corrected chi connectivity index (χ0v) is 21.5. The fourth-order valence-corrected chi connectivity index (χ4v) is 4.94. The number of thiophene rings is 1. The summed E-state index contributed by atoms with van der Waals surface area (Å²) in [5.41, 5.74) is 5.39. The van der Waals surface area contributed by atoms with E-state index >= 15 is 0 Å². The van der Waals surface area contributed by atoms with Gasteiger partial charge in [-0.15, -0.1) is 11.3 Å². The second-order valence-corrected chi connectivity index (χ2v) is 9.11. The molecular weight excluding hydrogens is 468 g/mol. The molecule has 4 nitrogen and oxygen atoms in total. The molecule has 0 aliphatic heterocycles. The quantitative estimate of drug-likeness (QED) is 0.213. The standard InChI is InChI=1S/C28H29ClO4S/c1-6-25(28(30)31-7-2)27-26(20(5)29)22(17-34-27)16-33-24-13-18(3)12-23(14-24)32-15-21-11-9-8-10-19(21)4/h6,8-14,17H,5,7,15-16H2,1-4H3/b25-6+. The van der Waals surface area contributed by atoms with Crippen molar-refractivity contribution in [3.63, 3.8) is 0 Å². The van der Waals surface area contributed by atoms with Crippen molar-refractivity contribution in [1.82, 2.24) is 0 Å². The van der Waals surface area contributed by atoms with Gasteiger partial charge in [-0.25, -0.2) is 4.79 Å². The SMILES string of the molecule is C=C(Cl)c1c(COc2cc(C)cc(OCc3ccccc3C)c2)csc1/C(=C\C)C(=O)OCC. The number of rotatable bonds is 10. The van der Waals surface area contributed by atoms with Gasteiger partial charge in [0.15, 0.2) is 0 Å². The first-order valence-corrected chi connectivity index (χ1v) is 12.3. The molecule has 0 atom stereocenters. The van der Waals surface area contributed by atoms with E-state index in [1.54, 1.807) is 19.9 Å². The third kappa shape index (κ3) is 6.31. The molecular formula is C28H29ClO4S. The Hall–Kier alpha value is -3.02. The van der Waals surface area contributed by atoms with Crippen LogP contribution in [-0.2, 0) is 22.7 Å². The third-order valence-corrected chi connectivity index (χ3v) is 6.49. The van der Waals surface area contributed by atoms with Crippen molar-refractivity contribution in [3.8, 4) is 11.5 Å². The van der Waals surface area contributed by atoms with Crippen LogP contribution in [0.15, 0.2) is 60.5 Å². The van der Waals surface area contributed by atoms with Crippen LogP contribution in [-0.4, -0.2) is 12.6 Å². The van der Waals surface area contributed by atoms with E-state index in [-0.39, 0.29) is 12.6 Å². The van der Waals surface area contributed by atoms with Crippen molar-refractivity contribution >= 4 is 39.5 Å². The van der Waals surface area contributed by atoms with E-state index in [2.05, 4.69) is 25.6 Å². The van der Waals surface area contributed by atoms with Crippen LogP contribution in [0.3, 0.4) is 0 Å².